The first-order valence-corrected chi connectivity index (χ1v) is 6.05. The maximum Gasteiger partial charge on any atom is 0.152 e. The van der Waals surface area contributed by atoms with Gasteiger partial charge in [-0.25, -0.2) is 4.98 Å². The maximum absolute atomic E-state index is 5.97. The number of pyridine rings is 1. The number of anilines is 2. The van der Waals surface area contributed by atoms with Crippen molar-refractivity contribution in [3.63, 3.8) is 0 Å². The molecular weight excluding hydrogens is 254 g/mol. The molecule has 0 radical (unpaired) electrons. The van der Waals surface area contributed by atoms with Gasteiger partial charge < -0.3 is 10.6 Å². The second-order valence-electron chi connectivity index (χ2n) is 4.41. The van der Waals surface area contributed by atoms with Gasteiger partial charge in [0.1, 0.15) is 0 Å². The van der Waals surface area contributed by atoms with Crippen LogP contribution in [0.4, 0.5) is 11.5 Å². The van der Waals surface area contributed by atoms with Gasteiger partial charge >= 0.3 is 0 Å². The van der Waals surface area contributed by atoms with Crippen molar-refractivity contribution in [2.24, 2.45) is 5.92 Å². The van der Waals surface area contributed by atoms with Crippen LogP contribution in [0.1, 0.15) is 20.3 Å². The van der Waals surface area contributed by atoms with Crippen molar-refractivity contribution >= 4 is 27.4 Å². The molecule has 0 amide bonds. The lowest BCUT2D eigenvalue weighted by Gasteiger charge is -2.23. The van der Waals surface area contributed by atoms with Gasteiger partial charge in [0, 0.05) is 23.3 Å². The summed E-state index contributed by atoms with van der Waals surface area (Å²) in [7, 11) is 0. The minimum Gasteiger partial charge on any atom is -0.396 e. The summed E-state index contributed by atoms with van der Waals surface area (Å²) in [4.78, 5) is 6.70. The molecule has 3 nitrogen and oxygen atoms in total. The van der Waals surface area contributed by atoms with Crippen LogP contribution in [0.5, 0.6) is 0 Å². The summed E-state index contributed by atoms with van der Waals surface area (Å²) in [5.74, 6) is 1.65. The van der Waals surface area contributed by atoms with E-state index in [0.29, 0.717) is 6.04 Å². The third-order valence-corrected chi connectivity index (χ3v) is 3.35. The van der Waals surface area contributed by atoms with E-state index in [2.05, 4.69) is 39.7 Å². The van der Waals surface area contributed by atoms with Crippen LogP contribution in [0, 0.1) is 5.92 Å². The lowest BCUT2D eigenvalue weighted by molar-refractivity contribution is 0.625. The second kappa shape index (κ2) is 4.00. The fourth-order valence-corrected chi connectivity index (χ4v) is 2.63. The van der Waals surface area contributed by atoms with E-state index in [4.69, 9.17) is 5.73 Å². The van der Waals surface area contributed by atoms with Crippen molar-refractivity contribution in [2.75, 3.05) is 17.2 Å². The molecule has 1 aliphatic rings. The highest BCUT2D eigenvalue weighted by atomic mass is 79.9. The summed E-state index contributed by atoms with van der Waals surface area (Å²) in [6.45, 7) is 5.55. The monoisotopic (exact) mass is 269 g/mol. The van der Waals surface area contributed by atoms with E-state index >= 15 is 0 Å². The molecule has 1 saturated heterocycles. The predicted octanol–water partition coefficient (Wildman–Crippen LogP) is 2.66. The molecule has 1 aromatic rings. The van der Waals surface area contributed by atoms with Crippen LogP contribution in [-0.4, -0.2) is 17.6 Å². The van der Waals surface area contributed by atoms with Gasteiger partial charge in [-0.05, 0) is 41.3 Å². The number of halogens is 1. The molecule has 2 unspecified atom stereocenters. The lowest BCUT2D eigenvalue weighted by atomic mass is 10.1. The number of nitrogens with zero attached hydrogens (tertiary/aromatic N) is 2. The Morgan fingerprint density at radius 2 is 2.27 bits per heavy atom. The Morgan fingerprint density at radius 3 is 2.80 bits per heavy atom. The van der Waals surface area contributed by atoms with Gasteiger partial charge in [0.15, 0.2) is 5.82 Å². The maximum atomic E-state index is 5.97. The fraction of sp³-hybridized carbons (Fsp3) is 0.545. The third kappa shape index (κ3) is 2.09. The molecule has 2 heterocycles. The molecule has 1 aromatic heterocycles. The van der Waals surface area contributed by atoms with E-state index in [-0.39, 0.29) is 0 Å². The van der Waals surface area contributed by atoms with Crippen molar-refractivity contribution in [3.8, 4) is 0 Å². The van der Waals surface area contributed by atoms with E-state index in [1.165, 1.54) is 6.42 Å². The Bertz CT molecular complexity index is 367. The Kier molecular flexibility index (Phi) is 2.87. The summed E-state index contributed by atoms with van der Waals surface area (Å²) < 4.78 is 0.934. The number of rotatable bonds is 1. The quantitative estimate of drug-likeness (QED) is 0.853. The van der Waals surface area contributed by atoms with E-state index < -0.39 is 0 Å². The minimum atomic E-state index is 0.538. The van der Waals surface area contributed by atoms with Gasteiger partial charge in [0.2, 0.25) is 0 Å². The topological polar surface area (TPSA) is 42.2 Å². The van der Waals surface area contributed by atoms with Gasteiger partial charge in [-0.15, -0.1) is 0 Å². The van der Waals surface area contributed by atoms with Crippen molar-refractivity contribution in [1.82, 2.24) is 4.98 Å². The molecule has 0 spiro atoms. The highest BCUT2D eigenvalue weighted by Gasteiger charge is 2.28. The molecule has 2 rings (SSSR count). The molecule has 0 saturated carbocycles. The van der Waals surface area contributed by atoms with Crippen LogP contribution in [0.25, 0.3) is 0 Å². The molecule has 0 aliphatic carbocycles. The summed E-state index contributed by atoms with van der Waals surface area (Å²) >= 11 is 3.37. The average molecular weight is 270 g/mol. The fourth-order valence-electron chi connectivity index (χ4n) is 2.28. The largest absolute Gasteiger partial charge is 0.396 e. The summed E-state index contributed by atoms with van der Waals surface area (Å²) in [5.41, 5.74) is 6.73. The number of hydrogen-bond acceptors (Lipinski definition) is 3. The smallest absolute Gasteiger partial charge is 0.152 e. The van der Waals surface area contributed by atoms with E-state index in [1.807, 2.05) is 6.07 Å². The van der Waals surface area contributed by atoms with Crippen molar-refractivity contribution in [2.45, 2.75) is 26.3 Å². The van der Waals surface area contributed by atoms with Gasteiger partial charge in [-0.1, -0.05) is 6.92 Å². The lowest BCUT2D eigenvalue weighted by Crippen LogP contribution is -2.28. The highest BCUT2D eigenvalue weighted by molar-refractivity contribution is 9.10. The Morgan fingerprint density at radius 1 is 1.53 bits per heavy atom. The molecule has 82 valence electrons. The predicted molar refractivity (Wildman–Crippen MR) is 66.9 cm³/mol. The van der Waals surface area contributed by atoms with Crippen LogP contribution in [0.3, 0.4) is 0 Å². The second-order valence-corrected chi connectivity index (χ2v) is 5.32. The summed E-state index contributed by atoms with van der Waals surface area (Å²) in [5, 5.41) is 0. The standard InChI is InChI=1S/C11H16BrN3/c1-7-3-8(2)15(6-7)11-10(13)4-9(12)5-14-11/h4-5,7-8H,3,6,13H2,1-2H3. The van der Waals surface area contributed by atoms with Crippen LogP contribution in [-0.2, 0) is 0 Å². The van der Waals surface area contributed by atoms with Gasteiger partial charge in [-0.2, -0.15) is 0 Å². The Balaban J connectivity index is 2.29. The minimum absolute atomic E-state index is 0.538. The van der Waals surface area contributed by atoms with E-state index in [1.54, 1.807) is 6.20 Å². The van der Waals surface area contributed by atoms with Crippen LogP contribution >= 0.6 is 15.9 Å². The van der Waals surface area contributed by atoms with Crippen molar-refractivity contribution in [1.29, 1.82) is 0 Å². The molecule has 1 fully saturated rings. The molecule has 2 atom stereocenters. The third-order valence-electron chi connectivity index (χ3n) is 2.92. The Labute approximate surface area is 98.8 Å². The zero-order valence-electron chi connectivity index (χ0n) is 9.07. The molecule has 1 aliphatic heterocycles. The highest BCUT2D eigenvalue weighted by Crippen LogP contribution is 2.31. The molecular formula is C11H16BrN3. The van der Waals surface area contributed by atoms with Gasteiger partial charge in [0.05, 0.1) is 5.69 Å². The van der Waals surface area contributed by atoms with Crippen molar-refractivity contribution < 1.29 is 0 Å². The molecule has 0 bridgehead atoms. The van der Waals surface area contributed by atoms with E-state index in [9.17, 15) is 0 Å². The number of nitrogens with two attached hydrogens (primary N) is 1. The van der Waals surface area contributed by atoms with Crippen LogP contribution < -0.4 is 10.6 Å². The number of nitrogen functional groups attached to an aromatic ring is 1. The van der Waals surface area contributed by atoms with Crippen LogP contribution in [0.15, 0.2) is 16.7 Å². The number of hydrogen-bond donors (Lipinski definition) is 1. The average Bonchev–Trinajstić information content (AvgIpc) is 2.45. The van der Waals surface area contributed by atoms with E-state index in [0.717, 1.165) is 28.4 Å². The Hall–Kier alpha value is -0.770. The zero-order valence-corrected chi connectivity index (χ0v) is 10.7. The molecule has 15 heavy (non-hydrogen) atoms. The SMILES string of the molecule is CC1CC(C)N(c2ncc(Br)cc2N)C1. The van der Waals surface area contributed by atoms with Crippen LogP contribution in [0.2, 0.25) is 0 Å². The summed E-state index contributed by atoms with van der Waals surface area (Å²) in [6.07, 6.45) is 3.03. The first-order chi connectivity index (χ1) is 7.08. The first kappa shape index (κ1) is 10.7. The molecule has 2 N–H and O–H groups in total. The first-order valence-electron chi connectivity index (χ1n) is 5.25. The summed E-state index contributed by atoms with van der Waals surface area (Å²) in [6, 6.07) is 2.45. The normalized spacial score (nSPS) is 25.9. The zero-order chi connectivity index (χ0) is 11.0. The number of aromatic nitrogens is 1. The molecule has 4 heteroatoms. The van der Waals surface area contributed by atoms with Crippen molar-refractivity contribution in [3.05, 3.63) is 16.7 Å². The van der Waals surface area contributed by atoms with Gasteiger partial charge in [-0.3, -0.25) is 0 Å². The van der Waals surface area contributed by atoms with Gasteiger partial charge in [0.25, 0.3) is 0 Å². The molecule has 0 aromatic carbocycles.